The topological polar surface area (TPSA) is 58.4 Å². The molecule has 15 heavy (non-hydrogen) atoms. The van der Waals surface area contributed by atoms with Crippen molar-refractivity contribution in [1.29, 1.82) is 0 Å². The summed E-state index contributed by atoms with van der Waals surface area (Å²) in [6.07, 6.45) is 1.90. The highest BCUT2D eigenvalue weighted by atomic mass is 16.2. The van der Waals surface area contributed by atoms with Crippen LogP contribution < -0.4 is 11.1 Å². The van der Waals surface area contributed by atoms with Crippen molar-refractivity contribution in [3.8, 4) is 0 Å². The average molecular weight is 215 g/mol. The second kappa shape index (κ2) is 7.65. The van der Waals surface area contributed by atoms with Crippen LogP contribution in [0.5, 0.6) is 0 Å². The van der Waals surface area contributed by atoms with Crippen LogP contribution in [0.4, 0.5) is 0 Å². The minimum Gasteiger partial charge on any atom is -0.355 e. The van der Waals surface area contributed by atoms with E-state index in [1.165, 1.54) is 0 Å². The van der Waals surface area contributed by atoms with Crippen molar-refractivity contribution >= 4 is 5.91 Å². The first-order valence-corrected chi connectivity index (χ1v) is 5.67. The van der Waals surface area contributed by atoms with Crippen LogP contribution in [-0.4, -0.2) is 44.0 Å². The Morgan fingerprint density at radius 1 is 1.47 bits per heavy atom. The lowest BCUT2D eigenvalue weighted by molar-refractivity contribution is -0.123. The summed E-state index contributed by atoms with van der Waals surface area (Å²) in [4.78, 5) is 13.6. The molecular weight excluding hydrogens is 190 g/mol. The molecule has 0 radical (unpaired) electrons. The summed E-state index contributed by atoms with van der Waals surface area (Å²) in [5, 5.41) is 2.86. The zero-order valence-electron chi connectivity index (χ0n) is 10.4. The van der Waals surface area contributed by atoms with Gasteiger partial charge in [-0.3, -0.25) is 4.79 Å². The molecule has 0 bridgehead atoms. The molecule has 0 heterocycles. The van der Waals surface area contributed by atoms with Crippen LogP contribution in [0.25, 0.3) is 0 Å². The molecule has 0 aromatic rings. The van der Waals surface area contributed by atoms with Crippen molar-refractivity contribution in [1.82, 2.24) is 10.2 Å². The van der Waals surface area contributed by atoms with Gasteiger partial charge in [-0.15, -0.1) is 0 Å². The molecule has 4 heteroatoms. The monoisotopic (exact) mass is 215 g/mol. The van der Waals surface area contributed by atoms with Crippen molar-refractivity contribution < 1.29 is 4.79 Å². The second-order valence-electron chi connectivity index (χ2n) is 4.36. The molecule has 4 nitrogen and oxygen atoms in total. The number of hydrogen-bond acceptors (Lipinski definition) is 3. The summed E-state index contributed by atoms with van der Waals surface area (Å²) in [6, 6.07) is -0.366. The largest absolute Gasteiger partial charge is 0.355 e. The molecule has 0 aromatic heterocycles. The lowest BCUT2D eigenvalue weighted by Crippen LogP contribution is -2.45. The Labute approximate surface area is 93.2 Å². The normalized spacial score (nSPS) is 15.1. The average Bonchev–Trinajstić information content (AvgIpc) is 2.21. The zero-order chi connectivity index (χ0) is 11.8. The summed E-state index contributed by atoms with van der Waals surface area (Å²) in [5.41, 5.74) is 5.79. The van der Waals surface area contributed by atoms with E-state index < -0.39 is 0 Å². The maximum Gasteiger partial charge on any atom is 0.237 e. The van der Waals surface area contributed by atoms with E-state index in [1.54, 1.807) is 0 Å². The molecule has 0 saturated carbocycles. The molecule has 3 N–H and O–H groups in total. The van der Waals surface area contributed by atoms with E-state index >= 15 is 0 Å². The molecule has 2 unspecified atom stereocenters. The fraction of sp³-hybridized carbons (Fsp3) is 0.909. The summed E-state index contributed by atoms with van der Waals surface area (Å²) < 4.78 is 0. The lowest BCUT2D eigenvalue weighted by atomic mass is 9.99. The number of nitrogens with one attached hydrogen (secondary N) is 1. The zero-order valence-corrected chi connectivity index (χ0v) is 10.4. The van der Waals surface area contributed by atoms with Crippen LogP contribution in [0.2, 0.25) is 0 Å². The summed E-state index contributed by atoms with van der Waals surface area (Å²) in [6.45, 7) is 5.74. The van der Waals surface area contributed by atoms with E-state index in [-0.39, 0.29) is 17.9 Å². The highest BCUT2D eigenvalue weighted by Crippen LogP contribution is 2.04. The van der Waals surface area contributed by atoms with Gasteiger partial charge >= 0.3 is 0 Å². The fourth-order valence-corrected chi connectivity index (χ4v) is 1.24. The Morgan fingerprint density at radius 2 is 2.07 bits per heavy atom. The van der Waals surface area contributed by atoms with Gasteiger partial charge in [-0.05, 0) is 33.0 Å². The molecule has 1 amide bonds. The van der Waals surface area contributed by atoms with Crippen molar-refractivity contribution in [3.05, 3.63) is 0 Å². The van der Waals surface area contributed by atoms with Gasteiger partial charge in [0.25, 0.3) is 0 Å². The molecule has 0 rings (SSSR count). The van der Waals surface area contributed by atoms with Gasteiger partial charge in [0, 0.05) is 6.54 Å². The van der Waals surface area contributed by atoms with E-state index in [9.17, 15) is 4.79 Å². The Morgan fingerprint density at radius 3 is 2.53 bits per heavy atom. The third kappa shape index (κ3) is 6.47. The predicted molar refractivity (Wildman–Crippen MR) is 63.6 cm³/mol. The molecule has 0 aliphatic carbocycles. The number of carbonyl (C=O) groups excluding carboxylic acids is 1. The van der Waals surface area contributed by atoms with E-state index in [2.05, 4.69) is 10.2 Å². The van der Waals surface area contributed by atoms with Gasteiger partial charge in [-0.25, -0.2) is 0 Å². The van der Waals surface area contributed by atoms with E-state index in [0.29, 0.717) is 6.54 Å². The molecule has 90 valence electrons. The van der Waals surface area contributed by atoms with E-state index in [4.69, 9.17) is 5.73 Å². The van der Waals surface area contributed by atoms with Gasteiger partial charge in [-0.1, -0.05) is 20.3 Å². The number of hydrogen-bond donors (Lipinski definition) is 2. The van der Waals surface area contributed by atoms with Crippen LogP contribution >= 0.6 is 0 Å². The molecule has 2 atom stereocenters. The quantitative estimate of drug-likeness (QED) is 0.605. The molecular formula is C11H25N3O. The molecule has 0 fully saturated rings. The highest BCUT2D eigenvalue weighted by Gasteiger charge is 2.18. The summed E-state index contributed by atoms with van der Waals surface area (Å²) in [7, 11) is 4.04. The standard InChI is InChI=1S/C11H25N3O/c1-5-9(2)10(12)11(15)13-7-6-8-14(3)4/h9-10H,5-8,12H2,1-4H3,(H,13,15). The van der Waals surface area contributed by atoms with Crippen LogP contribution in [0.1, 0.15) is 26.7 Å². The second-order valence-corrected chi connectivity index (χ2v) is 4.36. The minimum absolute atomic E-state index is 0.0249. The Balaban J connectivity index is 3.65. The van der Waals surface area contributed by atoms with Crippen LogP contribution in [0, 0.1) is 5.92 Å². The molecule has 0 aliphatic rings. The fourth-order valence-electron chi connectivity index (χ4n) is 1.24. The Hall–Kier alpha value is -0.610. The number of nitrogens with two attached hydrogens (primary N) is 1. The minimum atomic E-state index is -0.366. The lowest BCUT2D eigenvalue weighted by Gasteiger charge is -2.18. The van der Waals surface area contributed by atoms with Gasteiger partial charge in [0.15, 0.2) is 0 Å². The van der Waals surface area contributed by atoms with E-state index in [0.717, 1.165) is 19.4 Å². The Kier molecular flexibility index (Phi) is 7.34. The first-order valence-electron chi connectivity index (χ1n) is 5.67. The van der Waals surface area contributed by atoms with Gasteiger partial charge in [-0.2, -0.15) is 0 Å². The predicted octanol–water partition coefficient (Wildman–Crippen LogP) is 0.428. The Bertz CT molecular complexity index is 183. The first-order chi connectivity index (χ1) is 6.99. The van der Waals surface area contributed by atoms with E-state index in [1.807, 2.05) is 27.9 Å². The highest BCUT2D eigenvalue weighted by molar-refractivity contribution is 5.81. The number of carbonyl (C=O) groups is 1. The number of rotatable bonds is 7. The maximum atomic E-state index is 11.5. The SMILES string of the molecule is CCC(C)C(N)C(=O)NCCCN(C)C. The third-order valence-corrected chi connectivity index (χ3v) is 2.64. The summed E-state index contributed by atoms with van der Waals surface area (Å²) >= 11 is 0. The van der Waals surface area contributed by atoms with Crippen LogP contribution in [-0.2, 0) is 4.79 Å². The third-order valence-electron chi connectivity index (χ3n) is 2.64. The molecule has 0 aliphatic heterocycles. The molecule has 0 spiro atoms. The van der Waals surface area contributed by atoms with Crippen LogP contribution in [0.3, 0.4) is 0 Å². The summed E-state index contributed by atoms with van der Waals surface area (Å²) in [5.74, 6) is 0.224. The maximum absolute atomic E-state index is 11.5. The number of nitrogens with zero attached hydrogens (tertiary/aromatic N) is 1. The van der Waals surface area contributed by atoms with Crippen molar-refractivity contribution in [2.75, 3.05) is 27.2 Å². The van der Waals surface area contributed by atoms with Crippen molar-refractivity contribution in [2.45, 2.75) is 32.7 Å². The number of amides is 1. The molecule has 0 aromatic carbocycles. The smallest absolute Gasteiger partial charge is 0.237 e. The van der Waals surface area contributed by atoms with Crippen molar-refractivity contribution in [3.63, 3.8) is 0 Å². The van der Waals surface area contributed by atoms with Gasteiger partial charge in [0.1, 0.15) is 0 Å². The van der Waals surface area contributed by atoms with Gasteiger partial charge < -0.3 is 16.0 Å². The van der Waals surface area contributed by atoms with Gasteiger partial charge in [0.05, 0.1) is 6.04 Å². The van der Waals surface area contributed by atoms with Crippen LogP contribution in [0.15, 0.2) is 0 Å². The molecule has 0 saturated heterocycles. The first kappa shape index (κ1) is 14.4. The van der Waals surface area contributed by atoms with Gasteiger partial charge in [0.2, 0.25) is 5.91 Å². The van der Waals surface area contributed by atoms with Crippen molar-refractivity contribution in [2.24, 2.45) is 11.7 Å².